The second kappa shape index (κ2) is 6.30. The number of nitro groups is 1. The van der Waals surface area contributed by atoms with Gasteiger partial charge in [0.15, 0.2) is 0 Å². The zero-order valence-corrected chi connectivity index (χ0v) is 11.3. The molecule has 0 atom stereocenters. The number of hydrogen-bond acceptors (Lipinski definition) is 7. The van der Waals surface area contributed by atoms with Crippen molar-refractivity contribution in [2.24, 2.45) is 5.14 Å². The molecule has 1 rings (SSSR count). The van der Waals surface area contributed by atoms with E-state index in [-0.39, 0.29) is 23.5 Å². The van der Waals surface area contributed by atoms with E-state index in [1.807, 2.05) is 0 Å². The summed E-state index contributed by atoms with van der Waals surface area (Å²) in [6, 6.07) is 3.22. The Kier molecular flexibility index (Phi) is 5.00. The van der Waals surface area contributed by atoms with E-state index < -0.39 is 26.6 Å². The largest absolute Gasteiger partial charge is 0.469 e. The third-order valence-corrected chi connectivity index (χ3v) is 3.28. The van der Waals surface area contributed by atoms with Gasteiger partial charge in [-0.15, -0.1) is 0 Å². The quantitative estimate of drug-likeness (QED) is 0.434. The standard InChI is InChI=1S/C10H13N3O6S/c1-19-10(14)4-5-12-8-3-2-7(20(11,17)18)6-9(8)13(15)16/h2-3,6,12H,4-5H2,1H3,(H2,11,17,18). The molecule has 0 unspecified atom stereocenters. The van der Waals surface area contributed by atoms with Gasteiger partial charge in [-0.3, -0.25) is 14.9 Å². The van der Waals surface area contributed by atoms with E-state index in [1.54, 1.807) is 0 Å². The van der Waals surface area contributed by atoms with Crippen LogP contribution in [0.5, 0.6) is 0 Å². The van der Waals surface area contributed by atoms with Crippen molar-refractivity contribution >= 4 is 27.4 Å². The summed E-state index contributed by atoms with van der Waals surface area (Å²) in [5.41, 5.74) is -0.354. The van der Waals surface area contributed by atoms with Gasteiger partial charge in [0.25, 0.3) is 5.69 Å². The third-order valence-electron chi connectivity index (χ3n) is 2.37. The number of nitrogens with two attached hydrogens (primary N) is 1. The Morgan fingerprint density at radius 1 is 1.50 bits per heavy atom. The highest BCUT2D eigenvalue weighted by Gasteiger charge is 2.18. The molecule has 0 aliphatic rings. The van der Waals surface area contributed by atoms with Crippen molar-refractivity contribution in [1.82, 2.24) is 0 Å². The Labute approximate surface area is 114 Å². The minimum absolute atomic E-state index is 0.0184. The summed E-state index contributed by atoms with van der Waals surface area (Å²) in [5.74, 6) is -0.471. The molecule has 110 valence electrons. The number of ether oxygens (including phenoxy) is 1. The lowest BCUT2D eigenvalue weighted by Gasteiger charge is -2.07. The molecule has 0 fully saturated rings. The molecule has 0 aromatic heterocycles. The molecule has 0 radical (unpaired) electrons. The van der Waals surface area contributed by atoms with Crippen LogP contribution in [-0.4, -0.2) is 33.0 Å². The number of anilines is 1. The summed E-state index contributed by atoms with van der Waals surface area (Å²) in [6.45, 7) is 0.113. The lowest BCUT2D eigenvalue weighted by Crippen LogP contribution is -2.14. The first-order chi connectivity index (χ1) is 9.25. The van der Waals surface area contributed by atoms with Gasteiger partial charge >= 0.3 is 5.97 Å². The maximum absolute atomic E-state index is 11.1. The van der Waals surface area contributed by atoms with Gasteiger partial charge < -0.3 is 10.1 Å². The van der Waals surface area contributed by atoms with Crippen LogP contribution in [0.1, 0.15) is 6.42 Å². The van der Waals surface area contributed by atoms with Gasteiger partial charge in [-0.2, -0.15) is 0 Å². The summed E-state index contributed by atoms with van der Waals surface area (Å²) >= 11 is 0. The van der Waals surface area contributed by atoms with Crippen molar-refractivity contribution in [3.8, 4) is 0 Å². The normalized spacial score (nSPS) is 10.9. The van der Waals surface area contributed by atoms with Crippen LogP contribution in [0.25, 0.3) is 0 Å². The number of nitrogens with one attached hydrogen (secondary N) is 1. The molecule has 0 amide bonds. The van der Waals surface area contributed by atoms with Crippen LogP contribution >= 0.6 is 0 Å². The van der Waals surface area contributed by atoms with Gasteiger partial charge in [0, 0.05) is 12.6 Å². The SMILES string of the molecule is COC(=O)CCNc1ccc(S(N)(=O)=O)cc1[N+](=O)[O-]. The number of primary sulfonamides is 1. The Bertz CT molecular complexity index is 628. The Hall–Kier alpha value is -2.20. The predicted octanol–water partition coefficient (Wildman–Crippen LogP) is 0.217. The number of rotatable bonds is 6. The Balaban J connectivity index is 2.97. The highest BCUT2D eigenvalue weighted by atomic mass is 32.2. The number of esters is 1. The number of nitrogens with zero attached hydrogens (tertiary/aromatic N) is 1. The van der Waals surface area contributed by atoms with Gasteiger partial charge in [0.2, 0.25) is 10.0 Å². The van der Waals surface area contributed by atoms with Crippen LogP contribution in [0.3, 0.4) is 0 Å². The van der Waals surface area contributed by atoms with Crippen molar-refractivity contribution in [3.05, 3.63) is 28.3 Å². The van der Waals surface area contributed by atoms with E-state index in [2.05, 4.69) is 10.1 Å². The van der Waals surface area contributed by atoms with Crippen LogP contribution in [-0.2, 0) is 19.6 Å². The monoisotopic (exact) mass is 303 g/mol. The summed E-state index contributed by atoms with van der Waals surface area (Å²) in [5, 5.41) is 18.5. The van der Waals surface area contributed by atoms with E-state index in [4.69, 9.17) is 5.14 Å². The van der Waals surface area contributed by atoms with Gasteiger partial charge in [-0.25, -0.2) is 13.6 Å². The lowest BCUT2D eigenvalue weighted by molar-refractivity contribution is -0.384. The number of nitro benzene ring substituents is 1. The molecule has 0 spiro atoms. The van der Waals surface area contributed by atoms with E-state index in [0.717, 1.165) is 12.1 Å². The van der Waals surface area contributed by atoms with Crippen molar-refractivity contribution in [1.29, 1.82) is 0 Å². The maximum Gasteiger partial charge on any atom is 0.307 e. The van der Waals surface area contributed by atoms with Crippen molar-refractivity contribution in [3.63, 3.8) is 0 Å². The summed E-state index contributed by atoms with van der Waals surface area (Å²) in [7, 11) is -2.79. The number of carbonyl (C=O) groups is 1. The molecular weight excluding hydrogens is 290 g/mol. The number of hydrogen-bond donors (Lipinski definition) is 2. The molecular formula is C10H13N3O6S. The molecule has 9 nitrogen and oxygen atoms in total. The van der Waals surface area contributed by atoms with Gasteiger partial charge in [-0.1, -0.05) is 0 Å². The van der Waals surface area contributed by atoms with Gasteiger partial charge in [0.1, 0.15) is 5.69 Å². The smallest absolute Gasteiger partial charge is 0.307 e. The maximum atomic E-state index is 11.1. The van der Waals surface area contributed by atoms with E-state index in [0.29, 0.717) is 0 Å². The fourth-order valence-corrected chi connectivity index (χ4v) is 1.92. The van der Waals surface area contributed by atoms with Crippen molar-refractivity contribution < 1.29 is 22.9 Å². The van der Waals surface area contributed by atoms with E-state index >= 15 is 0 Å². The van der Waals surface area contributed by atoms with Crippen molar-refractivity contribution in [2.75, 3.05) is 19.0 Å². The van der Waals surface area contributed by atoms with E-state index in [1.165, 1.54) is 13.2 Å². The molecule has 0 saturated heterocycles. The molecule has 0 saturated carbocycles. The number of methoxy groups -OCH3 is 1. The molecule has 1 aromatic carbocycles. The molecule has 0 aliphatic carbocycles. The average Bonchev–Trinajstić information content (AvgIpc) is 2.37. The minimum Gasteiger partial charge on any atom is -0.469 e. The highest BCUT2D eigenvalue weighted by Crippen LogP contribution is 2.27. The van der Waals surface area contributed by atoms with Crippen LogP contribution in [0.2, 0.25) is 0 Å². The molecule has 0 aliphatic heterocycles. The van der Waals surface area contributed by atoms with Gasteiger partial charge in [0.05, 0.1) is 23.3 Å². The summed E-state index contributed by atoms with van der Waals surface area (Å²) in [4.78, 5) is 20.7. The molecule has 1 aromatic rings. The molecule has 0 bridgehead atoms. The first kappa shape index (κ1) is 15.9. The fourth-order valence-electron chi connectivity index (χ4n) is 1.39. The molecule has 10 heteroatoms. The zero-order valence-electron chi connectivity index (χ0n) is 10.5. The fraction of sp³-hybridized carbons (Fsp3) is 0.300. The van der Waals surface area contributed by atoms with Crippen LogP contribution in [0, 0.1) is 10.1 Å². The zero-order chi connectivity index (χ0) is 15.3. The van der Waals surface area contributed by atoms with E-state index in [9.17, 15) is 23.3 Å². The number of carbonyl (C=O) groups excluding carboxylic acids is 1. The second-order valence-electron chi connectivity index (χ2n) is 3.73. The summed E-state index contributed by atoms with van der Waals surface area (Å²) < 4.78 is 26.7. The number of sulfonamides is 1. The number of benzene rings is 1. The average molecular weight is 303 g/mol. The molecule has 20 heavy (non-hydrogen) atoms. The first-order valence-corrected chi connectivity index (χ1v) is 6.92. The lowest BCUT2D eigenvalue weighted by atomic mass is 10.2. The van der Waals surface area contributed by atoms with Crippen LogP contribution in [0.15, 0.2) is 23.1 Å². The highest BCUT2D eigenvalue weighted by molar-refractivity contribution is 7.89. The first-order valence-electron chi connectivity index (χ1n) is 5.37. The van der Waals surface area contributed by atoms with Crippen molar-refractivity contribution in [2.45, 2.75) is 11.3 Å². The Morgan fingerprint density at radius 3 is 2.65 bits per heavy atom. The minimum atomic E-state index is -4.02. The van der Waals surface area contributed by atoms with Crippen LogP contribution in [0.4, 0.5) is 11.4 Å². The molecule has 0 heterocycles. The third kappa shape index (κ3) is 4.17. The van der Waals surface area contributed by atoms with Gasteiger partial charge in [-0.05, 0) is 12.1 Å². The van der Waals surface area contributed by atoms with Crippen LogP contribution < -0.4 is 10.5 Å². The predicted molar refractivity (Wildman–Crippen MR) is 69.6 cm³/mol. The second-order valence-corrected chi connectivity index (χ2v) is 5.30. The Morgan fingerprint density at radius 2 is 2.15 bits per heavy atom. The summed E-state index contributed by atoms with van der Waals surface area (Å²) in [6.07, 6.45) is 0.0184. The molecule has 3 N–H and O–H groups in total. The topological polar surface area (TPSA) is 142 Å².